The Labute approximate surface area is 144 Å². The van der Waals surface area contributed by atoms with E-state index in [-0.39, 0.29) is 0 Å². The number of rotatable bonds is 6. The van der Waals surface area contributed by atoms with Crippen LogP contribution in [0.4, 0.5) is 0 Å². The molecule has 0 N–H and O–H groups in total. The van der Waals surface area contributed by atoms with E-state index >= 15 is 0 Å². The number of thiophene rings is 1. The Kier molecular flexibility index (Phi) is 6.52. The van der Waals surface area contributed by atoms with Crippen molar-refractivity contribution in [3.63, 3.8) is 0 Å². The Morgan fingerprint density at radius 3 is 2.65 bits per heavy atom. The number of carbonyl (C=O) groups excluding carboxylic acids is 1. The summed E-state index contributed by atoms with van der Waals surface area (Å²) in [4.78, 5) is 16.3. The van der Waals surface area contributed by atoms with Gasteiger partial charge < -0.3 is 9.64 Å². The maximum absolute atomic E-state index is 12.9. The van der Waals surface area contributed by atoms with Crippen molar-refractivity contribution < 1.29 is 9.53 Å². The van der Waals surface area contributed by atoms with E-state index in [1.54, 1.807) is 11.3 Å². The number of carbonyl (C=O) groups is 1. The lowest BCUT2D eigenvalue weighted by Crippen LogP contribution is -2.42. The van der Waals surface area contributed by atoms with Crippen LogP contribution in [0, 0.1) is 5.92 Å². The number of ether oxygens (including phenoxy) is 1. The molecule has 0 spiro atoms. The van der Waals surface area contributed by atoms with E-state index in [0.29, 0.717) is 11.9 Å². The first-order chi connectivity index (χ1) is 11.3. The van der Waals surface area contributed by atoms with Crippen molar-refractivity contribution >= 4 is 17.2 Å². The largest absolute Gasteiger partial charge is 0.381 e. The summed E-state index contributed by atoms with van der Waals surface area (Å²) in [5.41, 5.74) is 0. The van der Waals surface area contributed by atoms with Gasteiger partial charge >= 0.3 is 0 Å². The summed E-state index contributed by atoms with van der Waals surface area (Å²) < 4.78 is 5.48. The lowest BCUT2D eigenvalue weighted by atomic mass is 9.86. The fourth-order valence-corrected chi connectivity index (χ4v) is 4.64. The van der Waals surface area contributed by atoms with Crippen LogP contribution >= 0.6 is 11.3 Å². The fourth-order valence-electron chi connectivity index (χ4n) is 3.94. The highest BCUT2D eigenvalue weighted by Crippen LogP contribution is 2.28. The summed E-state index contributed by atoms with van der Waals surface area (Å²) in [6.45, 7) is 2.37. The first-order valence-electron chi connectivity index (χ1n) is 9.22. The van der Waals surface area contributed by atoms with E-state index in [4.69, 9.17) is 4.74 Å². The number of hydrogen-bond acceptors (Lipinski definition) is 3. The van der Waals surface area contributed by atoms with Crippen molar-refractivity contribution in [2.24, 2.45) is 5.92 Å². The molecule has 0 radical (unpaired) electrons. The van der Waals surface area contributed by atoms with E-state index in [1.165, 1.54) is 37.0 Å². The van der Waals surface area contributed by atoms with Crippen LogP contribution in [0.1, 0.15) is 62.7 Å². The number of nitrogens with zero attached hydrogens (tertiary/aromatic N) is 1. The Morgan fingerprint density at radius 1 is 1.17 bits per heavy atom. The van der Waals surface area contributed by atoms with Crippen LogP contribution in [0.5, 0.6) is 0 Å². The highest BCUT2D eigenvalue weighted by atomic mass is 32.1. The van der Waals surface area contributed by atoms with Gasteiger partial charge in [0, 0.05) is 30.6 Å². The molecule has 0 aromatic carbocycles. The summed E-state index contributed by atoms with van der Waals surface area (Å²) in [6.07, 6.45) is 10.6. The molecule has 128 valence electrons. The van der Waals surface area contributed by atoms with E-state index in [9.17, 15) is 4.79 Å². The third kappa shape index (κ3) is 5.05. The third-order valence-electron chi connectivity index (χ3n) is 5.35. The molecule has 1 saturated heterocycles. The van der Waals surface area contributed by atoms with Crippen LogP contribution < -0.4 is 0 Å². The second kappa shape index (κ2) is 8.84. The Bertz CT molecular complexity index is 462. The predicted octanol–water partition coefficient (Wildman–Crippen LogP) is 4.62. The summed E-state index contributed by atoms with van der Waals surface area (Å²) in [5, 5.41) is 2.10. The molecule has 3 nitrogen and oxygen atoms in total. The van der Waals surface area contributed by atoms with Crippen molar-refractivity contribution in [2.75, 3.05) is 13.2 Å². The minimum absolute atomic E-state index is 0.357. The second-order valence-corrected chi connectivity index (χ2v) is 8.02. The highest BCUT2D eigenvalue weighted by molar-refractivity contribution is 7.09. The maximum Gasteiger partial charge on any atom is 0.223 e. The van der Waals surface area contributed by atoms with Crippen LogP contribution in [0.15, 0.2) is 17.5 Å². The van der Waals surface area contributed by atoms with Gasteiger partial charge in [-0.2, -0.15) is 0 Å². The molecule has 1 saturated carbocycles. The second-order valence-electron chi connectivity index (χ2n) is 6.99. The first-order valence-corrected chi connectivity index (χ1v) is 10.1. The van der Waals surface area contributed by atoms with Gasteiger partial charge in [-0.3, -0.25) is 4.79 Å². The molecular weight excluding hydrogens is 306 g/mol. The van der Waals surface area contributed by atoms with E-state index in [1.807, 2.05) is 0 Å². The predicted molar refractivity (Wildman–Crippen MR) is 94.5 cm³/mol. The SMILES string of the molecule is O=C(CCC1CCCCC1)N(Cc1cccs1)C1CCOCC1. The number of amides is 1. The van der Waals surface area contributed by atoms with Crippen molar-refractivity contribution in [2.45, 2.75) is 70.4 Å². The molecule has 1 aromatic rings. The van der Waals surface area contributed by atoms with E-state index in [2.05, 4.69) is 22.4 Å². The van der Waals surface area contributed by atoms with Crippen LogP contribution in [-0.2, 0) is 16.1 Å². The average molecular weight is 336 g/mol. The molecule has 2 aliphatic rings. The smallest absolute Gasteiger partial charge is 0.223 e. The van der Waals surface area contributed by atoms with Crippen LogP contribution in [0.25, 0.3) is 0 Å². The molecule has 1 aliphatic heterocycles. The normalized spacial score (nSPS) is 20.5. The molecule has 0 unspecified atom stereocenters. The van der Waals surface area contributed by atoms with Gasteiger partial charge in [0.1, 0.15) is 0 Å². The summed E-state index contributed by atoms with van der Waals surface area (Å²) in [7, 11) is 0. The van der Waals surface area contributed by atoms with Gasteiger partial charge in [0.15, 0.2) is 0 Å². The molecule has 2 heterocycles. The molecule has 0 atom stereocenters. The van der Waals surface area contributed by atoms with Gasteiger partial charge in [-0.25, -0.2) is 0 Å². The summed E-state index contributed by atoms with van der Waals surface area (Å²) in [5.74, 6) is 1.14. The first kappa shape index (κ1) is 17.0. The van der Waals surface area contributed by atoms with Crippen molar-refractivity contribution in [3.05, 3.63) is 22.4 Å². The molecule has 1 aromatic heterocycles. The molecule has 0 bridgehead atoms. The van der Waals surface area contributed by atoms with Crippen LogP contribution in [0.3, 0.4) is 0 Å². The monoisotopic (exact) mass is 335 g/mol. The third-order valence-corrected chi connectivity index (χ3v) is 6.21. The molecule has 4 heteroatoms. The molecule has 23 heavy (non-hydrogen) atoms. The Balaban J connectivity index is 1.57. The Hall–Kier alpha value is -0.870. The van der Waals surface area contributed by atoms with Gasteiger partial charge in [-0.1, -0.05) is 38.2 Å². The van der Waals surface area contributed by atoms with Gasteiger partial charge in [-0.05, 0) is 36.6 Å². The van der Waals surface area contributed by atoms with Gasteiger partial charge in [-0.15, -0.1) is 11.3 Å². The van der Waals surface area contributed by atoms with E-state index in [0.717, 1.165) is 51.4 Å². The van der Waals surface area contributed by atoms with Crippen molar-refractivity contribution in [1.82, 2.24) is 4.90 Å². The highest BCUT2D eigenvalue weighted by Gasteiger charge is 2.26. The zero-order valence-electron chi connectivity index (χ0n) is 14.0. The molecular formula is C19H29NO2S. The fraction of sp³-hybridized carbons (Fsp3) is 0.737. The zero-order chi connectivity index (χ0) is 15.9. The van der Waals surface area contributed by atoms with E-state index < -0.39 is 0 Å². The minimum Gasteiger partial charge on any atom is -0.381 e. The number of hydrogen-bond donors (Lipinski definition) is 0. The van der Waals surface area contributed by atoms with Gasteiger partial charge in [0.2, 0.25) is 5.91 Å². The molecule has 3 rings (SSSR count). The molecule has 2 fully saturated rings. The molecule has 1 amide bonds. The summed E-state index contributed by atoms with van der Waals surface area (Å²) >= 11 is 1.75. The lowest BCUT2D eigenvalue weighted by molar-refractivity contribution is -0.136. The van der Waals surface area contributed by atoms with Gasteiger partial charge in [0.05, 0.1) is 6.54 Å². The van der Waals surface area contributed by atoms with Gasteiger partial charge in [0.25, 0.3) is 0 Å². The van der Waals surface area contributed by atoms with Crippen LogP contribution in [0.2, 0.25) is 0 Å². The quantitative estimate of drug-likeness (QED) is 0.759. The topological polar surface area (TPSA) is 29.5 Å². The van der Waals surface area contributed by atoms with Crippen LogP contribution in [-0.4, -0.2) is 30.1 Å². The average Bonchev–Trinajstić information content (AvgIpc) is 3.12. The molecule has 1 aliphatic carbocycles. The Morgan fingerprint density at radius 2 is 1.96 bits per heavy atom. The maximum atomic E-state index is 12.9. The van der Waals surface area contributed by atoms with Crippen molar-refractivity contribution in [3.8, 4) is 0 Å². The minimum atomic E-state index is 0.357. The zero-order valence-corrected chi connectivity index (χ0v) is 14.9. The lowest BCUT2D eigenvalue weighted by Gasteiger charge is -2.34. The van der Waals surface area contributed by atoms with Crippen molar-refractivity contribution in [1.29, 1.82) is 0 Å². The summed E-state index contributed by atoms with van der Waals surface area (Å²) in [6, 6.07) is 4.59. The standard InChI is InChI=1S/C19H29NO2S/c21-19(9-8-16-5-2-1-3-6-16)20(15-18-7-4-14-23-18)17-10-12-22-13-11-17/h4,7,14,16-17H,1-3,5-6,8-13,15H2.